The van der Waals surface area contributed by atoms with Crippen molar-refractivity contribution in [2.24, 2.45) is 5.92 Å². The van der Waals surface area contributed by atoms with Gasteiger partial charge in [-0.2, -0.15) is 5.10 Å². The van der Waals surface area contributed by atoms with Crippen LogP contribution in [-0.2, 0) is 4.79 Å². The monoisotopic (exact) mass is 567 g/mol. The van der Waals surface area contributed by atoms with Crippen LogP contribution in [0.25, 0.3) is 50.2 Å². The molecule has 4 aromatic heterocycles. The van der Waals surface area contributed by atoms with Crippen molar-refractivity contribution in [1.82, 2.24) is 35.8 Å². The molecule has 1 saturated heterocycles. The molecule has 0 unspecified atom stereocenters. The molecular weight excluding hydrogens is 534 g/mol. The number of allylic oxidation sites excluding steroid dienone is 4. The van der Waals surface area contributed by atoms with Gasteiger partial charge in [-0.1, -0.05) is 18.2 Å². The lowest BCUT2D eigenvalue weighted by atomic mass is 9.94. The summed E-state index contributed by atoms with van der Waals surface area (Å²) in [6, 6.07) is 16.3. The Labute approximate surface area is 249 Å². The van der Waals surface area contributed by atoms with Gasteiger partial charge in [-0.15, -0.1) is 5.73 Å². The fourth-order valence-corrected chi connectivity index (χ4v) is 5.94. The molecule has 8 heteroatoms. The first-order chi connectivity index (χ1) is 21.2. The van der Waals surface area contributed by atoms with E-state index in [-0.39, 0.29) is 5.91 Å². The molecule has 4 N–H and O–H groups in total. The highest BCUT2D eigenvalue weighted by Crippen LogP contribution is 2.34. The maximum absolute atomic E-state index is 13.0. The number of H-pyrrole nitrogens is 2. The normalized spacial score (nSPS) is 18.4. The third-order valence-corrected chi connectivity index (χ3v) is 8.17. The van der Waals surface area contributed by atoms with Crippen LogP contribution in [0.1, 0.15) is 37.7 Å². The third-order valence-electron chi connectivity index (χ3n) is 8.17. The van der Waals surface area contributed by atoms with Crippen LogP contribution < -0.4 is 10.6 Å². The minimum atomic E-state index is 0.0562. The van der Waals surface area contributed by atoms with Crippen molar-refractivity contribution in [3.8, 4) is 22.8 Å². The third kappa shape index (κ3) is 5.84. The number of nitrogens with one attached hydrogen (secondary N) is 4. The van der Waals surface area contributed by atoms with Gasteiger partial charge in [0.1, 0.15) is 5.69 Å². The standard InChI is InChI=1S/C35H33N7O/c43-33(19-23-12-16-36-17-13-23)39-26-8-4-2-1-3-7-24(20-26)25-10-11-30-27(21-25)35(42-41-30)32-22-28-29(40-32)14-18-38-34(28)31-9-5-6-15-37-31/h2,5-11,14-15,18,20-23,36,40H,1,3,12-13,16-17,19H2,(H,39,43)(H,41,42)/b24-7+,26-20+. The Morgan fingerprint density at radius 1 is 0.953 bits per heavy atom. The summed E-state index contributed by atoms with van der Waals surface area (Å²) in [5, 5.41) is 16.4. The molecule has 43 heavy (non-hydrogen) atoms. The Hall–Kier alpha value is -5.04. The number of piperidine rings is 1. The maximum atomic E-state index is 13.0. The second-order valence-electron chi connectivity index (χ2n) is 11.1. The maximum Gasteiger partial charge on any atom is 0.224 e. The molecule has 0 bridgehead atoms. The smallest absolute Gasteiger partial charge is 0.224 e. The van der Waals surface area contributed by atoms with Crippen LogP contribution in [-0.4, -0.2) is 44.1 Å². The summed E-state index contributed by atoms with van der Waals surface area (Å²) in [5.41, 5.74) is 11.4. The SMILES string of the molecule is O=C(CC1CCNCC1)N/C1=C/C(c2ccc3[nH]nc(-c4cc5c(-c6ccccn6)nccc5[nH]4)c3c2)=C\CCC=C=C1. The van der Waals surface area contributed by atoms with Gasteiger partial charge in [-0.05, 0) is 104 Å². The minimum Gasteiger partial charge on any atom is -0.353 e. The summed E-state index contributed by atoms with van der Waals surface area (Å²) in [6.45, 7) is 1.96. The van der Waals surface area contributed by atoms with Crippen LogP contribution in [0.15, 0.2) is 96.7 Å². The quantitative estimate of drug-likeness (QED) is 0.176. The molecule has 0 saturated carbocycles. The van der Waals surface area contributed by atoms with E-state index in [9.17, 15) is 4.79 Å². The van der Waals surface area contributed by atoms with Gasteiger partial charge in [0.05, 0.1) is 22.6 Å². The topological polar surface area (TPSA) is 111 Å². The van der Waals surface area contributed by atoms with Crippen molar-refractivity contribution in [2.45, 2.75) is 32.1 Å². The van der Waals surface area contributed by atoms with Gasteiger partial charge >= 0.3 is 0 Å². The Morgan fingerprint density at radius 2 is 1.86 bits per heavy atom. The van der Waals surface area contributed by atoms with Crippen LogP contribution in [0, 0.1) is 5.92 Å². The van der Waals surface area contributed by atoms with E-state index in [1.165, 1.54) is 0 Å². The van der Waals surface area contributed by atoms with E-state index in [4.69, 9.17) is 5.10 Å². The fraction of sp³-hybridized carbons (Fsp3) is 0.229. The number of nitrogens with zero attached hydrogens (tertiary/aromatic N) is 3. The van der Waals surface area contributed by atoms with Crippen LogP contribution in [0.2, 0.25) is 0 Å². The number of pyridine rings is 2. The lowest BCUT2D eigenvalue weighted by Crippen LogP contribution is -2.31. The van der Waals surface area contributed by atoms with Crippen molar-refractivity contribution in [3.63, 3.8) is 0 Å². The zero-order valence-corrected chi connectivity index (χ0v) is 23.9. The average Bonchev–Trinajstić information content (AvgIpc) is 3.68. The lowest BCUT2D eigenvalue weighted by molar-refractivity contribution is -0.121. The molecule has 0 spiro atoms. The zero-order chi connectivity index (χ0) is 29.0. The summed E-state index contributed by atoms with van der Waals surface area (Å²) >= 11 is 0. The molecule has 214 valence electrons. The second kappa shape index (κ2) is 12.1. The van der Waals surface area contributed by atoms with Crippen LogP contribution in [0.5, 0.6) is 0 Å². The molecule has 2 aliphatic rings. The highest BCUT2D eigenvalue weighted by molar-refractivity contribution is 6.00. The van der Waals surface area contributed by atoms with Gasteiger partial charge in [0.25, 0.3) is 0 Å². The number of amides is 1. The van der Waals surface area contributed by atoms with Crippen molar-refractivity contribution >= 4 is 33.3 Å². The highest BCUT2D eigenvalue weighted by Gasteiger charge is 2.18. The summed E-state index contributed by atoms with van der Waals surface area (Å²) in [5.74, 6) is 0.482. The number of hydrogen-bond donors (Lipinski definition) is 4. The van der Waals surface area contributed by atoms with Gasteiger partial charge in [0.15, 0.2) is 0 Å². The van der Waals surface area contributed by atoms with Crippen LogP contribution >= 0.6 is 0 Å². The lowest BCUT2D eigenvalue weighted by Gasteiger charge is -2.22. The number of fused-ring (bicyclic) bond motifs is 2. The first-order valence-electron chi connectivity index (χ1n) is 14.9. The van der Waals surface area contributed by atoms with E-state index in [1.807, 2.05) is 36.4 Å². The van der Waals surface area contributed by atoms with Gasteiger partial charge in [0.2, 0.25) is 5.91 Å². The van der Waals surface area contributed by atoms with E-state index in [2.05, 4.69) is 72.8 Å². The summed E-state index contributed by atoms with van der Waals surface area (Å²) < 4.78 is 0. The molecule has 1 aliphatic heterocycles. The van der Waals surface area contributed by atoms with Crippen molar-refractivity contribution in [1.29, 1.82) is 0 Å². The molecule has 1 aliphatic carbocycles. The minimum absolute atomic E-state index is 0.0562. The largest absolute Gasteiger partial charge is 0.353 e. The van der Waals surface area contributed by atoms with Crippen molar-refractivity contribution in [2.75, 3.05) is 13.1 Å². The Balaban J connectivity index is 1.21. The van der Waals surface area contributed by atoms with Crippen LogP contribution in [0.3, 0.4) is 0 Å². The number of aromatic nitrogens is 5. The summed E-state index contributed by atoms with van der Waals surface area (Å²) in [7, 11) is 0. The number of benzene rings is 1. The first kappa shape index (κ1) is 26.8. The fourth-order valence-electron chi connectivity index (χ4n) is 5.94. The molecule has 5 aromatic rings. The predicted octanol–water partition coefficient (Wildman–Crippen LogP) is 6.45. The highest BCUT2D eigenvalue weighted by atomic mass is 16.1. The van der Waals surface area contributed by atoms with Gasteiger partial charge < -0.3 is 15.6 Å². The Morgan fingerprint density at radius 3 is 2.74 bits per heavy atom. The van der Waals surface area contributed by atoms with E-state index < -0.39 is 0 Å². The molecule has 8 nitrogen and oxygen atoms in total. The Bertz CT molecular complexity index is 1920. The predicted molar refractivity (Wildman–Crippen MR) is 171 cm³/mol. The number of carbonyl (C=O) groups excluding carboxylic acids is 1. The van der Waals surface area contributed by atoms with Gasteiger partial charge in [0, 0.05) is 46.9 Å². The number of aromatic amines is 2. The van der Waals surface area contributed by atoms with E-state index in [0.717, 1.165) is 100 Å². The molecule has 1 aromatic carbocycles. The van der Waals surface area contributed by atoms with Gasteiger partial charge in [-0.25, -0.2) is 0 Å². The molecular formula is C35H33N7O. The second-order valence-corrected chi connectivity index (χ2v) is 11.1. The Kier molecular flexibility index (Phi) is 7.52. The van der Waals surface area contributed by atoms with Crippen molar-refractivity contribution < 1.29 is 4.79 Å². The van der Waals surface area contributed by atoms with E-state index in [0.29, 0.717) is 12.3 Å². The van der Waals surface area contributed by atoms with Gasteiger partial charge in [-0.3, -0.25) is 19.9 Å². The molecule has 0 atom stereocenters. The average molecular weight is 568 g/mol. The number of hydrogen-bond acceptors (Lipinski definition) is 5. The number of carbonyl (C=O) groups is 1. The van der Waals surface area contributed by atoms with Crippen LogP contribution in [0.4, 0.5) is 0 Å². The summed E-state index contributed by atoms with van der Waals surface area (Å²) in [6.07, 6.45) is 16.1. The molecule has 1 fully saturated rings. The molecule has 1 amide bonds. The van der Waals surface area contributed by atoms with Crippen molar-refractivity contribution in [3.05, 3.63) is 102 Å². The number of rotatable bonds is 6. The molecule has 7 rings (SSSR count). The molecule has 5 heterocycles. The molecule has 0 radical (unpaired) electrons. The van der Waals surface area contributed by atoms with E-state index in [1.54, 1.807) is 12.4 Å². The van der Waals surface area contributed by atoms with E-state index >= 15 is 0 Å². The summed E-state index contributed by atoms with van der Waals surface area (Å²) in [4.78, 5) is 25.6. The zero-order valence-electron chi connectivity index (χ0n) is 23.9. The first-order valence-corrected chi connectivity index (χ1v) is 14.9.